The second kappa shape index (κ2) is 4.80. The van der Waals surface area contributed by atoms with Gasteiger partial charge in [0.1, 0.15) is 11.6 Å². The molecule has 0 aromatic heterocycles. The van der Waals surface area contributed by atoms with Crippen molar-refractivity contribution in [3.05, 3.63) is 29.1 Å². The molecule has 0 spiro atoms. The van der Waals surface area contributed by atoms with Gasteiger partial charge in [0.05, 0.1) is 12.2 Å². The molecule has 1 aromatic carbocycles. The minimum absolute atomic E-state index is 0.195. The number of nitrogens with two attached hydrogens (primary N) is 1. The molecule has 1 heterocycles. The zero-order valence-electron chi connectivity index (χ0n) is 9.33. The van der Waals surface area contributed by atoms with Gasteiger partial charge in [0, 0.05) is 0 Å². The van der Waals surface area contributed by atoms with Crippen LogP contribution in [0.1, 0.15) is 18.1 Å². The molecular weight excluding hydrogens is 209 g/mol. The van der Waals surface area contributed by atoms with Gasteiger partial charge in [0.15, 0.2) is 6.79 Å². The van der Waals surface area contributed by atoms with E-state index in [0.29, 0.717) is 23.8 Å². The van der Waals surface area contributed by atoms with Gasteiger partial charge in [-0.3, -0.25) is 0 Å². The Bertz CT molecular complexity index is 382. The summed E-state index contributed by atoms with van der Waals surface area (Å²) in [6, 6.07) is 3.24. The molecule has 4 heteroatoms. The fraction of sp³-hybridized carbons (Fsp3) is 0.500. The van der Waals surface area contributed by atoms with E-state index in [-0.39, 0.29) is 19.2 Å². The second-order valence-electron chi connectivity index (χ2n) is 4.17. The monoisotopic (exact) mass is 225 g/mol. The molecule has 88 valence electrons. The van der Waals surface area contributed by atoms with E-state index >= 15 is 0 Å². The summed E-state index contributed by atoms with van der Waals surface area (Å²) in [6.45, 7) is 3.16. The third-order valence-electron chi connectivity index (χ3n) is 2.79. The largest absolute Gasteiger partial charge is 0.467 e. The Morgan fingerprint density at radius 3 is 3.06 bits per heavy atom. The topological polar surface area (TPSA) is 44.5 Å². The summed E-state index contributed by atoms with van der Waals surface area (Å²) < 4.78 is 23.9. The molecule has 2 rings (SSSR count). The normalized spacial score (nSPS) is 16.4. The summed E-state index contributed by atoms with van der Waals surface area (Å²) in [5.74, 6) is 0.742. The van der Waals surface area contributed by atoms with E-state index in [1.807, 2.05) is 0 Å². The Morgan fingerprint density at radius 1 is 1.50 bits per heavy atom. The minimum atomic E-state index is -0.265. The van der Waals surface area contributed by atoms with Crippen LogP contribution in [-0.4, -0.2) is 13.3 Å². The average Bonchev–Trinajstić information content (AvgIpc) is 2.33. The van der Waals surface area contributed by atoms with Crippen molar-refractivity contribution in [3.63, 3.8) is 0 Å². The van der Waals surface area contributed by atoms with Gasteiger partial charge in [-0.2, -0.15) is 0 Å². The molecule has 0 saturated heterocycles. The summed E-state index contributed by atoms with van der Waals surface area (Å²) in [5.41, 5.74) is 7.12. The third-order valence-corrected chi connectivity index (χ3v) is 2.79. The quantitative estimate of drug-likeness (QED) is 0.853. The minimum Gasteiger partial charge on any atom is -0.467 e. The van der Waals surface area contributed by atoms with Crippen molar-refractivity contribution in [2.75, 3.05) is 13.3 Å². The SMILES string of the molecule is CC(CN)Cc1ccc(F)c2c1OCOC2. The molecule has 1 aliphatic rings. The highest BCUT2D eigenvalue weighted by Gasteiger charge is 2.19. The van der Waals surface area contributed by atoms with E-state index in [1.54, 1.807) is 6.07 Å². The highest BCUT2D eigenvalue weighted by atomic mass is 19.1. The first-order chi connectivity index (χ1) is 7.72. The molecule has 0 aliphatic carbocycles. The number of hydrogen-bond acceptors (Lipinski definition) is 3. The lowest BCUT2D eigenvalue weighted by atomic mass is 9.98. The standard InChI is InChI=1S/C12H16FNO2/c1-8(5-14)4-9-2-3-11(13)10-6-15-7-16-12(9)10/h2-3,8H,4-7,14H2,1H3. The van der Waals surface area contributed by atoms with Crippen molar-refractivity contribution in [3.8, 4) is 5.75 Å². The van der Waals surface area contributed by atoms with E-state index in [2.05, 4.69) is 6.92 Å². The Labute approximate surface area is 94.3 Å². The van der Waals surface area contributed by atoms with E-state index in [0.717, 1.165) is 12.0 Å². The summed E-state index contributed by atoms with van der Waals surface area (Å²) in [7, 11) is 0. The van der Waals surface area contributed by atoms with Crippen LogP contribution in [0.5, 0.6) is 5.75 Å². The molecule has 3 nitrogen and oxygen atoms in total. The van der Waals surface area contributed by atoms with Crippen molar-refractivity contribution >= 4 is 0 Å². The van der Waals surface area contributed by atoms with E-state index in [4.69, 9.17) is 15.2 Å². The van der Waals surface area contributed by atoms with Crippen LogP contribution in [0.25, 0.3) is 0 Å². The Hall–Kier alpha value is -1.13. The molecular formula is C12H16FNO2. The van der Waals surface area contributed by atoms with Crippen LogP contribution >= 0.6 is 0 Å². The number of benzene rings is 1. The molecule has 1 aromatic rings. The molecule has 0 bridgehead atoms. The number of fused-ring (bicyclic) bond motifs is 1. The smallest absolute Gasteiger partial charge is 0.189 e. The predicted octanol–water partition coefficient (Wildman–Crippen LogP) is 1.83. The van der Waals surface area contributed by atoms with Crippen LogP contribution in [0.4, 0.5) is 4.39 Å². The van der Waals surface area contributed by atoms with Crippen molar-refractivity contribution in [2.45, 2.75) is 20.0 Å². The Kier molecular flexibility index (Phi) is 3.41. The van der Waals surface area contributed by atoms with Crippen molar-refractivity contribution in [1.82, 2.24) is 0 Å². The lowest BCUT2D eigenvalue weighted by molar-refractivity contribution is -0.0190. The highest BCUT2D eigenvalue weighted by molar-refractivity contribution is 5.43. The van der Waals surface area contributed by atoms with Crippen LogP contribution < -0.4 is 10.5 Å². The molecule has 16 heavy (non-hydrogen) atoms. The molecule has 0 fully saturated rings. The Morgan fingerprint density at radius 2 is 2.31 bits per heavy atom. The predicted molar refractivity (Wildman–Crippen MR) is 58.6 cm³/mol. The fourth-order valence-electron chi connectivity index (χ4n) is 1.83. The van der Waals surface area contributed by atoms with Gasteiger partial charge < -0.3 is 15.2 Å². The van der Waals surface area contributed by atoms with Crippen LogP contribution in [0.15, 0.2) is 12.1 Å². The van der Waals surface area contributed by atoms with E-state index in [1.165, 1.54) is 6.07 Å². The van der Waals surface area contributed by atoms with Gasteiger partial charge in [0.25, 0.3) is 0 Å². The maximum absolute atomic E-state index is 13.5. The molecule has 1 atom stereocenters. The first-order valence-electron chi connectivity index (χ1n) is 5.43. The van der Waals surface area contributed by atoms with Crippen molar-refractivity contribution in [2.24, 2.45) is 11.7 Å². The first kappa shape index (κ1) is 11.4. The van der Waals surface area contributed by atoms with E-state index < -0.39 is 0 Å². The van der Waals surface area contributed by atoms with Gasteiger partial charge >= 0.3 is 0 Å². The molecule has 2 N–H and O–H groups in total. The summed E-state index contributed by atoms with van der Waals surface area (Å²) >= 11 is 0. The average molecular weight is 225 g/mol. The maximum Gasteiger partial charge on any atom is 0.189 e. The van der Waals surface area contributed by atoms with Crippen LogP contribution in [0.3, 0.4) is 0 Å². The fourth-order valence-corrected chi connectivity index (χ4v) is 1.83. The van der Waals surface area contributed by atoms with Gasteiger partial charge in [-0.25, -0.2) is 4.39 Å². The zero-order valence-corrected chi connectivity index (χ0v) is 9.33. The number of halogens is 1. The number of hydrogen-bond donors (Lipinski definition) is 1. The Balaban J connectivity index is 2.31. The lowest BCUT2D eigenvalue weighted by Crippen LogP contribution is -2.18. The number of ether oxygens (including phenoxy) is 2. The third kappa shape index (κ3) is 2.18. The van der Waals surface area contributed by atoms with Crippen molar-refractivity contribution < 1.29 is 13.9 Å². The van der Waals surface area contributed by atoms with Crippen LogP contribution in [0, 0.1) is 11.7 Å². The van der Waals surface area contributed by atoms with Gasteiger partial charge in [-0.05, 0) is 30.5 Å². The molecule has 1 aliphatic heterocycles. The van der Waals surface area contributed by atoms with Gasteiger partial charge in [0.2, 0.25) is 0 Å². The molecule has 1 unspecified atom stereocenters. The lowest BCUT2D eigenvalue weighted by Gasteiger charge is -2.22. The zero-order chi connectivity index (χ0) is 11.5. The summed E-state index contributed by atoms with van der Waals surface area (Å²) in [4.78, 5) is 0. The maximum atomic E-state index is 13.5. The van der Waals surface area contributed by atoms with Gasteiger partial charge in [-0.1, -0.05) is 13.0 Å². The van der Waals surface area contributed by atoms with Gasteiger partial charge in [-0.15, -0.1) is 0 Å². The van der Waals surface area contributed by atoms with Crippen LogP contribution in [0.2, 0.25) is 0 Å². The summed E-state index contributed by atoms with van der Waals surface area (Å²) in [6.07, 6.45) is 0.805. The molecule has 0 saturated carbocycles. The number of rotatable bonds is 3. The first-order valence-corrected chi connectivity index (χ1v) is 5.43. The highest BCUT2D eigenvalue weighted by Crippen LogP contribution is 2.31. The molecule has 0 amide bonds. The molecule has 0 radical (unpaired) electrons. The van der Waals surface area contributed by atoms with E-state index in [9.17, 15) is 4.39 Å². The summed E-state index contributed by atoms with van der Waals surface area (Å²) in [5, 5.41) is 0. The van der Waals surface area contributed by atoms with Crippen molar-refractivity contribution in [1.29, 1.82) is 0 Å². The second-order valence-corrected chi connectivity index (χ2v) is 4.17. The van der Waals surface area contributed by atoms with Crippen LogP contribution in [-0.2, 0) is 17.8 Å².